The highest BCUT2D eigenvalue weighted by Gasteiger charge is 2.19. The number of anilines is 2. The Morgan fingerprint density at radius 1 is 1.38 bits per heavy atom. The summed E-state index contributed by atoms with van der Waals surface area (Å²) in [6, 6.07) is 8.74. The summed E-state index contributed by atoms with van der Waals surface area (Å²) >= 11 is 0. The van der Waals surface area contributed by atoms with Crippen LogP contribution in [0, 0.1) is 11.3 Å². The predicted octanol–water partition coefficient (Wildman–Crippen LogP) is 2.74. The highest BCUT2D eigenvalue weighted by atomic mass is 16.1. The highest BCUT2D eigenvalue weighted by molar-refractivity contribution is 6.06. The van der Waals surface area contributed by atoms with E-state index in [-0.39, 0.29) is 11.1 Å². The number of carbonyl (C=O) groups excluding carboxylic acids is 1. The number of nitrogens with two attached hydrogens (primary N) is 1. The molecule has 0 spiro atoms. The predicted molar refractivity (Wildman–Crippen MR) is 85.3 cm³/mol. The number of benzene rings is 1. The molecule has 0 fully saturated rings. The van der Waals surface area contributed by atoms with Crippen LogP contribution in [0.15, 0.2) is 36.0 Å². The second-order valence-corrected chi connectivity index (χ2v) is 5.69. The Bertz CT molecular complexity index is 561. The summed E-state index contributed by atoms with van der Waals surface area (Å²) in [6.45, 7) is 8.78. The minimum atomic E-state index is -0.426. The normalized spacial score (nSPS) is 11.7. The number of nitrogens with one attached hydrogen (secondary N) is 1. The van der Waals surface area contributed by atoms with E-state index in [1.165, 1.54) is 0 Å². The Morgan fingerprint density at radius 2 is 1.95 bits per heavy atom. The molecule has 1 rings (SSSR count). The fourth-order valence-electron chi connectivity index (χ4n) is 1.82. The number of hydrogen-bond acceptors (Lipinski definition) is 4. The highest BCUT2D eigenvalue weighted by Crippen LogP contribution is 2.16. The van der Waals surface area contributed by atoms with E-state index in [9.17, 15) is 10.1 Å². The first-order valence-corrected chi connectivity index (χ1v) is 6.83. The Balaban J connectivity index is 2.91. The van der Waals surface area contributed by atoms with E-state index < -0.39 is 5.91 Å². The molecular formula is C16H22N4O. The van der Waals surface area contributed by atoms with Crippen molar-refractivity contribution in [3.05, 3.63) is 36.0 Å². The van der Waals surface area contributed by atoms with Crippen molar-refractivity contribution in [3.8, 4) is 6.07 Å². The minimum absolute atomic E-state index is 0.0728. The number of nitrogens with zero attached hydrogens (tertiary/aromatic N) is 2. The fraction of sp³-hybridized carbons (Fsp3) is 0.375. The van der Waals surface area contributed by atoms with Gasteiger partial charge >= 0.3 is 0 Å². The Hall–Kier alpha value is -2.48. The summed E-state index contributed by atoms with van der Waals surface area (Å²) in [6.07, 6.45) is 1.60. The quantitative estimate of drug-likeness (QED) is 0.506. The molecule has 0 bridgehead atoms. The van der Waals surface area contributed by atoms with Crippen molar-refractivity contribution in [2.45, 2.75) is 33.2 Å². The van der Waals surface area contributed by atoms with Gasteiger partial charge in [0.2, 0.25) is 0 Å². The lowest BCUT2D eigenvalue weighted by Gasteiger charge is -2.33. The van der Waals surface area contributed by atoms with Gasteiger partial charge in [-0.1, -0.05) is 0 Å². The average Bonchev–Trinajstić information content (AvgIpc) is 2.41. The first-order valence-electron chi connectivity index (χ1n) is 6.83. The van der Waals surface area contributed by atoms with Crippen LogP contribution in [0.5, 0.6) is 0 Å². The third-order valence-corrected chi connectivity index (χ3v) is 3.02. The van der Waals surface area contributed by atoms with Crippen molar-refractivity contribution in [1.29, 1.82) is 5.26 Å². The summed E-state index contributed by atoms with van der Waals surface area (Å²) in [4.78, 5) is 14.1. The van der Waals surface area contributed by atoms with Gasteiger partial charge in [0.05, 0.1) is 0 Å². The molecule has 0 unspecified atom stereocenters. The van der Waals surface area contributed by atoms with E-state index in [4.69, 9.17) is 5.73 Å². The van der Waals surface area contributed by atoms with Crippen molar-refractivity contribution < 1.29 is 4.79 Å². The van der Waals surface area contributed by atoms with Crippen molar-refractivity contribution in [2.24, 2.45) is 0 Å². The molecule has 1 aromatic carbocycles. The summed E-state index contributed by atoms with van der Waals surface area (Å²) in [5.74, 6) is -0.426. The molecule has 0 atom stereocenters. The standard InChI is InChI=1S/C16H22N4O/c1-5-20(16(2,3)4)11-12(10-17)15(21)19-14-8-6-13(18)7-9-14/h6-9,11H,5,18H2,1-4H3,(H,19,21)/b12-11-. The molecule has 0 radical (unpaired) electrons. The molecule has 1 amide bonds. The first-order chi connectivity index (χ1) is 9.77. The van der Waals surface area contributed by atoms with E-state index >= 15 is 0 Å². The van der Waals surface area contributed by atoms with E-state index in [1.54, 1.807) is 30.5 Å². The van der Waals surface area contributed by atoms with Crippen molar-refractivity contribution in [1.82, 2.24) is 4.90 Å². The molecule has 21 heavy (non-hydrogen) atoms. The molecule has 0 saturated carbocycles. The van der Waals surface area contributed by atoms with Gasteiger partial charge < -0.3 is 16.0 Å². The van der Waals surface area contributed by atoms with Crippen LogP contribution in [0.3, 0.4) is 0 Å². The van der Waals surface area contributed by atoms with Crippen LogP contribution < -0.4 is 11.1 Å². The van der Waals surface area contributed by atoms with Crippen LogP contribution in [0.1, 0.15) is 27.7 Å². The summed E-state index contributed by atoms with van der Waals surface area (Å²) in [5, 5.41) is 11.9. The molecule has 1 aromatic rings. The largest absolute Gasteiger partial charge is 0.399 e. The van der Waals surface area contributed by atoms with Gasteiger partial charge in [0.25, 0.3) is 5.91 Å². The average molecular weight is 286 g/mol. The van der Waals surface area contributed by atoms with Gasteiger partial charge in [0.15, 0.2) is 0 Å². The van der Waals surface area contributed by atoms with Gasteiger partial charge in [-0.05, 0) is 52.0 Å². The summed E-state index contributed by atoms with van der Waals surface area (Å²) < 4.78 is 0. The van der Waals surface area contributed by atoms with E-state index in [1.807, 2.05) is 38.7 Å². The topological polar surface area (TPSA) is 82.2 Å². The third kappa shape index (κ3) is 4.84. The monoisotopic (exact) mass is 286 g/mol. The van der Waals surface area contributed by atoms with Gasteiger partial charge in [-0.15, -0.1) is 0 Å². The number of nitrogen functional groups attached to an aromatic ring is 1. The molecule has 0 aliphatic rings. The molecular weight excluding hydrogens is 264 g/mol. The maximum absolute atomic E-state index is 12.1. The Kier molecular flexibility index (Phi) is 5.37. The zero-order valence-corrected chi connectivity index (χ0v) is 13.0. The van der Waals surface area contributed by atoms with Crippen molar-refractivity contribution >= 4 is 17.3 Å². The summed E-state index contributed by atoms with van der Waals surface area (Å²) in [5.41, 5.74) is 6.74. The SMILES string of the molecule is CCN(/C=C(/C#N)C(=O)Nc1ccc(N)cc1)C(C)(C)C. The van der Waals surface area contributed by atoms with E-state index in [2.05, 4.69) is 5.32 Å². The third-order valence-electron chi connectivity index (χ3n) is 3.02. The molecule has 5 heteroatoms. The van der Waals surface area contributed by atoms with Gasteiger partial charge in [-0.2, -0.15) is 5.26 Å². The lowest BCUT2D eigenvalue weighted by molar-refractivity contribution is -0.112. The van der Waals surface area contributed by atoms with Crippen molar-refractivity contribution in [3.63, 3.8) is 0 Å². The van der Waals surface area contributed by atoms with Crippen molar-refractivity contribution in [2.75, 3.05) is 17.6 Å². The zero-order chi connectivity index (χ0) is 16.0. The molecule has 0 aliphatic carbocycles. The van der Waals surface area contributed by atoms with Gasteiger partial charge in [-0.25, -0.2) is 0 Å². The maximum Gasteiger partial charge on any atom is 0.267 e. The van der Waals surface area contributed by atoms with E-state index in [0.717, 1.165) is 0 Å². The minimum Gasteiger partial charge on any atom is -0.399 e. The maximum atomic E-state index is 12.1. The molecule has 0 aliphatic heterocycles. The van der Waals surface area contributed by atoms with Crippen LogP contribution in [-0.2, 0) is 4.79 Å². The lowest BCUT2D eigenvalue weighted by atomic mass is 10.1. The van der Waals surface area contributed by atoms with Crippen LogP contribution in [0.25, 0.3) is 0 Å². The molecule has 112 valence electrons. The molecule has 3 N–H and O–H groups in total. The zero-order valence-electron chi connectivity index (χ0n) is 13.0. The molecule has 5 nitrogen and oxygen atoms in total. The van der Waals surface area contributed by atoms with Crippen LogP contribution in [0.4, 0.5) is 11.4 Å². The fourth-order valence-corrected chi connectivity index (χ4v) is 1.82. The van der Waals surface area contributed by atoms with Crippen LogP contribution in [0.2, 0.25) is 0 Å². The molecule has 0 saturated heterocycles. The Labute approximate surface area is 126 Å². The number of amides is 1. The second kappa shape index (κ2) is 6.80. The number of carbonyl (C=O) groups is 1. The number of hydrogen-bond donors (Lipinski definition) is 2. The second-order valence-electron chi connectivity index (χ2n) is 5.69. The molecule has 0 heterocycles. The smallest absolute Gasteiger partial charge is 0.267 e. The van der Waals surface area contributed by atoms with Gasteiger partial charge in [0, 0.05) is 29.7 Å². The van der Waals surface area contributed by atoms with Crippen LogP contribution >= 0.6 is 0 Å². The van der Waals surface area contributed by atoms with E-state index in [0.29, 0.717) is 17.9 Å². The Morgan fingerprint density at radius 3 is 2.38 bits per heavy atom. The molecule has 0 aromatic heterocycles. The first kappa shape index (κ1) is 16.6. The van der Waals surface area contributed by atoms with Gasteiger partial charge in [-0.3, -0.25) is 4.79 Å². The van der Waals surface area contributed by atoms with Gasteiger partial charge in [0.1, 0.15) is 11.6 Å². The summed E-state index contributed by atoms with van der Waals surface area (Å²) in [7, 11) is 0. The number of nitriles is 1. The van der Waals surface area contributed by atoms with Crippen LogP contribution in [-0.4, -0.2) is 22.9 Å². The number of rotatable bonds is 4. The lowest BCUT2D eigenvalue weighted by Crippen LogP contribution is -2.37.